The quantitative estimate of drug-likeness (QED) is 0.876. The number of nitrogens with one attached hydrogen (secondary N) is 1. The molecular formula is C12H12N2O3. The lowest BCUT2D eigenvalue weighted by Crippen LogP contribution is -2.22. The first-order valence-electron chi connectivity index (χ1n) is 5.60. The Kier molecular flexibility index (Phi) is 2.44. The maximum Gasteiger partial charge on any atom is 0.273 e. The van der Waals surface area contributed by atoms with Crippen LogP contribution < -0.4 is 5.32 Å². The summed E-state index contributed by atoms with van der Waals surface area (Å²) in [5.74, 6) is 1.75. The van der Waals surface area contributed by atoms with E-state index in [9.17, 15) is 4.79 Å². The van der Waals surface area contributed by atoms with Gasteiger partial charge in [-0.1, -0.05) is 5.16 Å². The summed E-state index contributed by atoms with van der Waals surface area (Å²) in [7, 11) is 0. The maximum absolute atomic E-state index is 11.7. The van der Waals surface area contributed by atoms with Gasteiger partial charge in [0.15, 0.2) is 5.69 Å². The molecule has 2 aromatic heterocycles. The normalized spacial score (nSPS) is 14.8. The molecule has 0 bridgehead atoms. The minimum atomic E-state index is -0.239. The second kappa shape index (κ2) is 4.08. The molecule has 17 heavy (non-hydrogen) atoms. The minimum absolute atomic E-state index is 0.239. The summed E-state index contributed by atoms with van der Waals surface area (Å²) in [5, 5.41) is 6.48. The van der Waals surface area contributed by atoms with Gasteiger partial charge in [0.1, 0.15) is 11.5 Å². The lowest BCUT2D eigenvalue weighted by atomic mass is 10.3. The minimum Gasteiger partial charge on any atom is -0.467 e. The zero-order valence-corrected chi connectivity index (χ0v) is 9.18. The molecule has 1 aliphatic carbocycles. The van der Waals surface area contributed by atoms with Gasteiger partial charge in [-0.05, 0) is 25.0 Å². The van der Waals surface area contributed by atoms with E-state index >= 15 is 0 Å². The number of hydrogen-bond donors (Lipinski definition) is 1. The molecular weight excluding hydrogens is 220 g/mol. The van der Waals surface area contributed by atoms with Crippen LogP contribution in [0.25, 0.3) is 0 Å². The number of furan rings is 1. The van der Waals surface area contributed by atoms with Gasteiger partial charge >= 0.3 is 0 Å². The number of hydrogen-bond acceptors (Lipinski definition) is 4. The Morgan fingerprint density at radius 2 is 2.41 bits per heavy atom. The molecule has 0 atom stereocenters. The SMILES string of the molecule is O=C(NCc1ccco1)c1cc(C2CC2)on1. The van der Waals surface area contributed by atoms with E-state index in [0.29, 0.717) is 23.9 Å². The highest BCUT2D eigenvalue weighted by Crippen LogP contribution is 2.40. The van der Waals surface area contributed by atoms with Gasteiger partial charge in [-0.3, -0.25) is 4.79 Å². The summed E-state index contributed by atoms with van der Waals surface area (Å²) < 4.78 is 10.2. The van der Waals surface area contributed by atoms with E-state index in [2.05, 4.69) is 10.5 Å². The van der Waals surface area contributed by atoms with Crippen LogP contribution >= 0.6 is 0 Å². The lowest BCUT2D eigenvalue weighted by Gasteiger charge is -1.98. The van der Waals surface area contributed by atoms with Crippen LogP contribution in [0.5, 0.6) is 0 Å². The second-order valence-electron chi connectivity index (χ2n) is 4.15. The molecule has 1 saturated carbocycles. The zero-order chi connectivity index (χ0) is 11.7. The Morgan fingerprint density at radius 1 is 1.53 bits per heavy atom. The fourth-order valence-electron chi connectivity index (χ4n) is 1.63. The molecule has 5 heteroatoms. The Balaban J connectivity index is 1.60. The van der Waals surface area contributed by atoms with E-state index < -0.39 is 0 Å². The van der Waals surface area contributed by atoms with Crippen molar-refractivity contribution in [3.63, 3.8) is 0 Å². The third-order valence-electron chi connectivity index (χ3n) is 2.74. The van der Waals surface area contributed by atoms with Crippen molar-refractivity contribution in [3.05, 3.63) is 41.7 Å². The molecule has 3 rings (SSSR count). The highest BCUT2D eigenvalue weighted by atomic mass is 16.5. The Hall–Kier alpha value is -2.04. The van der Waals surface area contributed by atoms with Crippen molar-refractivity contribution in [2.75, 3.05) is 0 Å². The fourth-order valence-corrected chi connectivity index (χ4v) is 1.63. The predicted octanol–water partition coefficient (Wildman–Crippen LogP) is 2.08. The molecule has 1 aliphatic rings. The largest absolute Gasteiger partial charge is 0.467 e. The van der Waals surface area contributed by atoms with E-state index in [1.54, 1.807) is 24.5 Å². The van der Waals surface area contributed by atoms with Crippen LogP contribution in [-0.4, -0.2) is 11.1 Å². The van der Waals surface area contributed by atoms with E-state index in [4.69, 9.17) is 8.94 Å². The van der Waals surface area contributed by atoms with E-state index in [-0.39, 0.29) is 5.91 Å². The smallest absolute Gasteiger partial charge is 0.273 e. The van der Waals surface area contributed by atoms with E-state index in [1.165, 1.54) is 0 Å². The van der Waals surface area contributed by atoms with Crippen molar-refractivity contribution in [2.45, 2.75) is 25.3 Å². The molecule has 2 aromatic rings. The monoisotopic (exact) mass is 232 g/mol. The summed E-state index contributed by atoms with van der Waals surface area (Å²) in [5.41, 5.74) is 0.332. The van der Waals surface area contributed by atoms with Crippen LogP contribution in [0.15, 0.2) is 33.4 Å². The van der Waals surface area contributed by atoms with E-state index in [0.717, 1.165) is 18.6 Å². The summed E-state index contributed by atoms with van der Waals surface area (Å²) in [6, 6.07) is 5.30. The molecule has 2 heterocycles. The van der Waals surface area contributed by atoms with Crippen molar-refractivity contribution in [1.29, 1.82) is 0 Å². The number of amides is 1. The van der Waals surface area contributed by atoms with Crippen LogP contribution in [0.3, 0.4) is 0 Å². The molecule has 1 amide bonds. The van der Waals surface area contributed by atoms with Crippen molar-refractivity contribution >= 4 is 5.91 Å². The number of nitrogens with zero attached hydrogens (tertiary/aromatic N) is 1. The molecule has 0 unspecified atom stereocenters. The lowest BCUT2D eigenvalue weighted by molar-refractivity contribution is 0.0939. The first-order valence-corrected chi connectivity index (χ1v) is 5.60. The van der Waals surface area contributed by atoms with Gasteiger partial charge in [0, 0.05) is 12.0 Å². The molecule has 1 fully saturated rings. The predicted molar refractivity (Wildman–Crippen MR) is 58.4 cm³/mol. The van der Waals surface area contributed by atoms with Crippen molar-refractivity contribution in [1.82, 2.24) is 10.5 Å². The zero-order valence-electron chi connectivity index (χ0n) is 9.18. The number of carbonyl (C=O) groups excluding carboxylic acids is 1. The summed E-state index contributed by atoms with van der Waals surface area (Å²) in [6.07, 6.45) is 3.83. The maximum atomic E-state index is 11.7. The number of carbonyl (C=O) groups is 1. The summed E-state index contributed by atoms with van der Waals surface area (Å²) in [4.78, 5) is 11.7. The molecule has 1 N–H and O–H groups in total. The third-order valence-corrected chi connectivity index (χ3v) is 2.74. The fraction of sp³-hybridized carbons (Fsp3) is 0.333. The summed E-state index contributed by atoms with van der Waals surface area (Å²) in [6.45, 7) is 0.359. The van der Waals surface area contributed by atoms with Gasteiger partial charge in [-0.15, -0.1) is 0 Å². The molecule has 0 spiro atoms. The van der Waals surface area contributed by atoms with Gasteiger partial charge in [0.05, 0.1) is 12.8 Å². The van der Waals surface area contributed by atoms with Crippen molar-refractivity contribution in [2.24, 2.45) is 0 Å². The average molecular weight is 232 g/mol. The molecule has 5 nitrogen and oxygen atoms in total. The molecule has 0 aromatic carbocycles. The molecule has 0 radical (unpaired) electrons. The Bertz CT molecular complexity index is 512. The van der Waals surface area contributed by atoms with Gasteiger partial charge in [0.2, 0.25) is 0 Å². The highest BCUT2D eigenvalue weighted by Gasteiger charge is 2.28. The van der Waals surface area contributed by atoms with Gasteiger partial charge in [0.25, 0.3) is 5.91 Å². The number of aromatic nitrogens is 1. The van der Waals surface area contributed by atoms with Gasteiger partial charge in [-0.2, -0.15) is 0 Å². The molecule has 0 aliphatic heterocycles. The first-order chi connectivity index (χ1) is 8.33. The van der Waals surface area contributed by atoms with Gasteiger partial charge < -0.3 is 14.3 Å². The van der Waals surface area contributed by atoms with Crippen LogP contribution in [0.2, 0.25) is 0 Å². The van der Waals surface area contributed by atoms with Crippen molar-refractivity contribution < 1.29 is 13.7 Å². The third kappa shape index (κ3) is 2.22. The highest BCUT2D eigenvalue weighted by molar-refractivity contribution is 5.92. The number of rotatable bonds is 4. The van der Waals surface area contributed by atoms with Crippen LogP contribution in [0, 0.1) is 0 Å². The average Bonchev–Trinajstić information content (AvgIpc) is 2.88. The van der Waals surface area contributed by atoms with E-state index in [1.807, 2.05) is 0 Å². The Labute approximate surface area is 97.8 Å². The molecule has 0 saturated heterocycles. The van der Waals surface area contributed by atoms with Crippen LogP contribution in [0.4, 0.5) is 0 Å². The first kappa shape index (κ1) is 10.1. The second-order valence-corrected chi connectivity index (χ2v) is 4.15. The van der Waals surface area contributed by atoms with Crippen LogP contribution in [-0.2, 0) is 6.54 Å². The standard InChI is InChI=1S/C12H12N2O3/c15-12(13-7-9-2-1-5-16-9)10-6-11(17-14-10)8-3-4-8/h1-2,5-6,8H,3-4,7H2,(H,13,15). The van der Waals surface area contributed by atoms with Gasteiger partial charge in [-0.25, -0.2) is 0 Å². The summed E-state index contributed by atoms with van der Waals surface area (Å²) >= 11 is 0. The topological polar surface area (TPSA) is 68.3 Å². The molecule has 88 valence electrons. The Morgan fingerprint density at radius 3 is 3.12 bits per heavy atom. The van der Waals surface area contributed by atoms with Crippen LogP contribution in [0.1, 0.15) is 40.8 Å². The van der Waals surface area contributed by atoms with Crippen molar-refractivity contribution in [3.8, 4) is 0 Å².